The molecule has 4 heavy (non-hydrogen) atoms. The Morgan fingerprint density at radius 2 is 1.25 bits per heavy atom. The summed E-state index contributed by atoms with van der Waals surface area (Å²) in [7, 11) is 0. The van der Waals surface area contributed by atoms with E-state index in [1.807, 2.05) is 0 Å². The molecule has 0 saturated heterocycles. The van der Waals surface area contributed by atoms with E-state index in [1.165, 1.54) is 0 Å². The van der Waals surface area contributed by atoms with E-state index in [-0.39, 0.29) is 46.7 Å². The molecule has 0 N–H and O–H groups in total. The fourth-order valence-corrected chi connectivity index (χ4v) is 0. The molecule has 0 aromatic rings. The minimum Gasteiger partial charge on any atom is 0 e. The molecule has 0 aliphatic carbocycles. The van der Waals surface area contributed by atoms with Crippen LogP contribution in [0.1, 0.15) is 0 Å². The molecule has 0 fully saturated rings. The van der Waals surface area contributed by atoms with E-state index < -0.39 is 0 Å². The van der Waals surface area contributed by atoms with Crippen molar-refractivity contribution in [3.8, 4) is 0 Å². The van der Waals surface area contributed by atoms with Gasteiger partial charge in [0, 0.05) is 27.3 Å². The van der Waals surface area contributed by atoms with Crippen molar-refractivity contribution in [2.45, 2.75) is 0 Å². The second-order valence-electron chi connectivity index (χ2n) is 0.0714. The van der Waals surface area contributed by atoms with Gasteiger partial charge in [0.15, 0.2) is 0 Å². The van der Waals surface area contributed by atoms with Gasteiger partial charge in [0.05, 0.1) is 0 Å². The molecule has 0 spiro atoms. The minimum absolute atomic E-state index is 0. The Labute approximate surface area is 69.1 Å². The van der Waals surface area contributed by atoms with Crippen LogP contribution in [-0.4, -0.2) is 46.7 Å². The molecule has 0 aromatic heterocycles. The molecule has 4 heteroatoms. The van der Waals surface area contributed by atoms with Gasteiger partial charge < -0.3 is 0 Å². The maximum Gasteiger partial charge on any atom is 0 e. The predicted octanol–water partition coefficient (Wildman–Crippen LogP) is 0.930. The van der Waals surface area contributed by atoms with Crippen LogP contribution in [0.15, 0.2) is 0 Å². The van der Waals surface area contributed by atoms with Crippen molar-refractivity contribution < 1.29 is 0 Å². The van der Waals surface area contributed by atoms with Crippen LogP contribution < -0.4 is 0 Å². The van der Waals surface area contributed by atoms with Crippen molar-refractivity contribution in [3.05, 3.63) is 0 Å². The van der Waals surface area contributed by atoms with Gasteiger partial charge in [-0.1, -0.05) is 0 Å². The van der Waals surface area contributed by atoms with Gasteiger partial charge in [-0.05, 0) is 0 Å². The fraction of sp³-hybridized carbons (Fsp3) is 0. The number of halogens is 2. The molecule has 0 rings (SSSR count). The van der Waals surface area contributed by atoms with Crippen LogP contribution in [-0.2, 0) is 0 Å². The first-order valence-electron chi connectivity index (χ1n) is 0.378. The summed E-state index contributed by atoms with van der Waals surface area (Å²) in [5, 5.41) is 0. The van der Waals surface area contributed by atoms with Gasteiger partial charge in [0.1, 0.15) is 0 Å². The maximum atomic E-state index is 3.26. The first-order chi connectivity index (χ1) is 1.41. The largest absolute Gasteiger partial charge is 0 e. The SMILES string of the molecule is [Br][Pb][Br].[Pb]. The van der Waals surface area contributed by atoms with Crippen LogP contribution in [0.3, 0.4) is 0 Å². The molecular weight excluding hydrogens is 574 g/mol. The van der Waals surface area contributed by atoms with Gasteiger partial charge in [-0.2, -0.15) is 0 Å². The molecule has 0 saturated carbocycles. The normalized spacial score (nSPS) is 4.50. The van der Waals surface area contributed by atoms with E-state index in [9.17, 15) is 0 Å². The van der Waals surface area contributed by atoms with Crippen LogP contribution in [0.25, 0.3) is 0 Å². The third kappa shape index (κ3) is 8.84. The van der Waals surface area contributed by atoms with Crippen LogP contribution >= 0.6 is 24.0 Å². The standard InChI is InChI=1S/2BrH.2Pb/h2*1H;;/q;;;+2/p-2. The molecule has 6 radical (unpaired) electrons. The van der Waals surface area contributed by atoms with E-state index in [0.29, 0.717) is 0 Å². The zero-order chi connectivity index (χ0) is 2.71. The Kier molecular flexibility index (Phi) is 23.0. The van der Waals surface area contributed by atoms with E-state index in [1.54, 1.807) is 0 Å². The van der Waals surface area contributed by atoms with Gasteiger partial charge in [-0.25, -0.2) is 0 Å². The molecule has 0 amide bonds. The van der Waals surface area contributed by atoms with Gasteiger partial charge in [0.2, 0.25) is 0 Å². The molecule has 0 heterocycles. The van der Waals surface area contributed by atoms with Crippen molar-refractivity contribution in [3.63, 3.8) is 0 Å². The van der Waals surface area contributed by atoms with Crippen molar-refractivity contribution >= 4 is 70.7 Å². The van der Waals surface area contributed by atoms with Crippen LogP contribution in [0.2, 0.25) is 0 Å². The van der Waals surface area contributed by atoms with Crippen LogP contribution in [0.4, 0.5) is 0 Å². The summed E-state index contributed by atoms with van der Waals surface area (Å²) in [6, 6.07) is 0. The fourth-order valence-electron chi connectivity index (χ4n) is 0. The zero-order valence-corrected chi connectivity index (χ0v) is 12.7. The summed E-state index contributed by atoms with van der Waals surface area (Å²) in [6.07, 6.45) is 0. The molecular formula is Br2Pb2. The Bertz CT molecular complexity index is 4.00. The molecule has 0 bridgehead atoms. The number of hydrogen-bond donors (Lipinski definition) is 0. The van der Waals surface area contributed by atoms with Gasteiger partial charge >= 0.3 is 43.4 Å². The van der Waals surface area contributed by atoms with Gasteiger partial charge in [0.25, 0.3) is 0 Å². The van der Waals surface area contributed by atoms with Crippen molar-refractivity contribution in [2.75, 3.05) is 0 Å². The van der Waals surface area contributed by atoms with Gasteiger partial charge in [-0.15, -0.1) is 0 Å². The molecule has 0 unspecified atom stereocenters. The van der Waals surface area contributed by atoms with E-state index in [0.717, 1.165) is 0 Å². The summed E-state index contributed by atoms with van der Waals surface area (Å²) >= 11 is 6.22. The van der Waals surface area contributed by atoms with Crippen LogP contribution in [0, 0.1) is 0 Å². The van der Waals surface area contributed by atoms with E-state index in [2.05, 4.69) is 24.0 Å². The Morgan fingerprint density at radius 3 is 1.25 bits per heavy atom. The summed E-state index contributed by atoms with van der Waals surface area (Å²) in [5.74, 6) is 0. The first-order valence-corrected chi connectivity index (χ1v) is 17.2. The minimum atomic E-state index is -0.292. The van der Waals surface area contributed by atoms with Crippen molar-refractivity contribution in [1.82, 2.24) is 0 Å². The average molecular weight is 574 g/mol. The van der Waals surface area contributed by atoms with Crippen molar-refractivity contribution in [2.24, 2.45) is 0 Å². The molecule has 22 valence electrons. The average Bonchev–Trinajstić information content (AvgIpc) is 0.918. The van der Waals surface area contributed by atoms with Crippen LogP contribution in [0.5, 0.6) is 0 Å². The topological polar surface area (TPSA) is 0 Å². The predicted molar refractivity (Wildman–Crippen MR) is 29.4 cm³/mol. The molecule has 0 aromatic carbocycles. The molecule has 0 nitrogen and oxygen atoms in total. The molecule has 0 aliphatic heterocycles. The Balaban J connectivity index is 0. The zero-order valence-electron chi connectivity index (χ0n) is 1.76. The molecule has 0 atom stereocenters. The number of hydrogen-bond acceptors (Lipinski definition) is 0. The first kappa shape index (κ1) is 9.93. The maximum absolute atomic E-state index is 3.26. The second-order valence-corrected chi connectivity index (χ2v) is 16.9. The third-order valence-corrected chi connectivity index (χ3v) is 0. The monoisotopic (exact) mass is 574 g/mol. The summed E-state index contributed by atoms with van der Waals surface area (Å²) in [4.78, 5) is 0. The summed E-state index contributed by atoms with van der Waals surface area (Å²) in [5.41, 5.74) is 0. The molecule has 0 aliphatic rings. The van der Waals surface area contributed by atoms with Crippen molar-refractivity contribution in [1.29, 1.82) is 0 Å². The summed E-state index contributed by atoms with van der Waals surface area (Å²) < 4.78 is 0. The second kappa shape index (κ2) is 9.26. The van der Waals surface area contributed by atoms with Gasteiger partial charge in [-0.3, -0.25) is 0 Å². The smallest absolute Gasteiger partial charge is 0 e. The summed E-state index contributed by atoms with van der Waals surface area (Å²) in [6.45, 7) is 0. The Hall–Kier alpha value is 2.80. The number of rotatable bonds is 0. The van der Waals surface area contributed by atoms with E-state index >= 15 is 0 Å². The quantitative estimate of drug-likeness (QED) is 0.378. The Morgan fingerprint density at radius 1 is 1.25 bits per heavy atom. The van der Waals surface area contributed by atoms with E-state index in [4.69, 9.17) is 0 Å². The third-order valence-electron chi connectivity index (χ3n) is 0.